The minimum absolute atomic E-state index is 0.0580. The van der Waals surface area contributed by atoms with Gasteiger partial charge in [0.15, 0.2) is 0 Å². The molecule has 1 aliphatic heterocycles. The van der Waals surface area contributed by atoms with Gasteiger partial charge in [0.2, 0.25) is 0 Å². The van der Waals surface area contributed by atoms with Gasteiger partial charge in [-0.15, -0.1) is 0 Å². The minimum atomic E-state index is -0.918. The molecule has 0 radical (unpaired) electrons. The molecule has 1 aromatic heterocycles. The molecule has 1 aliphatic rings. The number of aromatic nitrogens is 1. The quantitative estimate of drug-likeness (QED) is 0.176. The Morgan fingerprint density at radius 1 is 0.921 bits per heavy atom. The molecule has 5 rings (SSSR count). The van der Waals surface area contributed by atoms with Crippen molar-refractivity contribution in [2.24, 2.45) is 0 Å². The lowest BCUT2D eigenvalue weighted by molar-refractivity contribution is -0.140. The second-order valence-corrected chi connectivity index (χ2v) is 8.99. The summed E-state index contributed by atoms with van der Waals surface area (Å²) in [6.07, 6.45) is 1.62. The Morgan fingerprint density at radius 2 is 1.68 bits per heavy atom. The van der Waals surface area contributed by atoms with E-state index in [1.807, 2.05) is 30.3 Å². The van der Waals surface area contributed by atoms with Crippen LogP contribution in [-0.2, 0) is 16.1 Å². The fourth-order valence-corrected chi connectivity index (χ4v) is 4.59. The summed E-state index contributed by atoms with van der Waals surface area (Å²) in [5.74, 6) is -0.386. The lowest BCUT2D eigenvalue weighted by Crippen LogP contribution is -2.29. The zero-order valence-corrected chi connectivity index (χ0v) is 21.1. The molecular weight excluding hydrogens is 504 g/mol. The summed E-state index contributed by atoms with van der Waals surface area (Å²) in [7, 11) is 1.48. The van der Waals surface area contributed by atoms with Crippen LogP contribution in [0.15, 0.2) is 103 Å². The van der Waals surface area contributed by atoms with Crippen molar-refractivity contribution in [1.82, 2.24) is 9.88 Å². The average molecular weight is 527 g/mol. The van der Waals surface area contributed by atoms with Crippen molar-refractivity contribution in [3.05, 3.63) is 125 Å². The first kappa shape index (κ1) is 25.0. The maximum Gasteiger partial charge on any atom is 0.296 e. The maximum absolute atomic E-state index is 13.4. The highest BCUT2D eigenvalue weighted by Crippen LogP contribution is 2.42. The third-order valence-corrected chi connectivity index (χ3v) is 6.51. The number of pyridine rings is 1. The van der Waals surface area contributed by atoms with Gasteiger partial charge in [0, 0.05) is 11.8 Å². The van der Waals surface area contributed by atoms with Gasteiger partial charge in [-0.05, 0) is 60.2 Å². The van der Waals surface area contributed by atoms with E-state index in [0.717, 1.165) is 0 Å². The minimum Gasteiger partial charge on any atom is -0.507 e. The molecule has 1 N–H and O–H groups in total. The van der Waals surface area contributed by atoms with Crippen LogP contribution in [0.3, 0.4) is 0 Å². The van der Waals surface area contributed by atoms with E-state index in [4.69, 9.17) is 21.1 Å². The first-order valence-corrected chi connectivity index (χ1v) is 12.2. The van der Waals surface area contributed by atoms with Crippen LogP contribution < -0.4 is 9.47 Å². The van der Waals surface area contributed by atoms with Gasteiger partial charge in [-0.2, -0.15) is 0 Å². The van der Waals surface area contributed by atoms with Crippen LogP contribution in [0.25, 0.3) is 5.76 Å². The van der Waals surface area contributed by atoms with Gasteiger partial charge in [0.25, 0.3) is 11.7 Å². The number of ether oxygens (including phenoxy) is 2. The first-order chi connectivity index (χ1) is 18.5. The fourth-order valence-electron chi connectivity index (χ4n) is 4.39. The topological polar surface area (TPSA) is 89.0 Å². The molecule has 0 aliphatic carbocycles. The fraction of sp³-hybridized carbons (Fsp3) is 0.100. The normalized spacial score (nSPS) is 16.5. The van der Waals surface area contributed by atoms with Crippen LogP contribution in [0.1, 0.15) is 22.9 Å². The molecule has 3 aromatic carbocycles. The molecule has 0 spiro atoms. The number of hydrogen-bond donors (Lipinski definition) is 1. The smallest absolute Gasteiger partial charge is 0.296 e. The molecule has 1 unspecified atom stereocenters. The number of amides is 1. The van der Waals surface area contributed by atoms with Gasteiger partial charge >= 0.3 is 0 Å². The van der Waals surface area contributed by atoms with E-state index < -0.39 is 23.5 Å². The van der Waals surface area contributed by atoms with Crippen LogP contribution in [0.5, 0.6) is 17.2 Å². The Kier molecular flexibility index (Phi) is 7.11. The summed E-state index contributed by atoms with van der Waals surface area (Å²) >= 11 is 6.40. The van der Waals surface area contributed by atoms with Crippen LogP contribution in [0, 0.1) is 0 Å². The number of aliphatic hydroxyl groups is 1. The summed E-state index contributed by atoms with van der Waals surface area (Å²) in [4.78, 5) is 32.5. The number of ketones is 1. The molecule has 2 heterocycles. The Morgan fingerprint density at radius 3 is 2.42 bits per heavy atom. The lowest BCUT2D eigenvalue weighted by atomic mass is 9.95. The number of para-hydroxylation sites is 1. The number of halogens is 1. The highest BCUT2D eigenvalue weighted by molar-refractivity contribution is 6.47. The number of benzene rings is 3. The number of rotatable bonds is 7. The number of Topliss-reactive ketones (excluding diaryl/α,β-unsaturated/α-hetero) is 1. The summed E-state index contributed by atoms with van der Waals surface area (Å²) in [5.41, 5.74) is 1.27. The van der Waals surface area contributed by atoms with Crippen LogP contribution in [-0.4, -0.2) is 33.8 Å². The van der Waals surface area contributed by atoms with Gasteiger partial charge in [-0.25, -0.2) is 0 Å². The van der Waals surface area contributed by atoms with Gasteiger partial charge in [-0.3, -0.25) is 14.6 Å². The summed E-state index contributed by atoms with van der Waals surface area (Å²) < 4.78 is 11.3. The van der Waals surface area contributed by atoms with Crippen LogP contribution in [0.2, 0.25) is 5.02 Å². The third kappa shape index (κ3) is 4.96. The molecule has 1 saturated heterocycles. The Hall–Kier alpha value is -4.62. The van der Waals surface area contributed by atoms with E-state index >= 15 is 0 Å². The van der Waals surface area contributed by atoms with Gasteiger partial charge in [0.1, 0.15) is 23.0 Å². The van der Waals surface area contributed by atoms with Crippen molar-refractivity contribution in [3.63, 3.8) is 0 Å². The van der Waals surface area contributed by atoms with E-state index in [0.29, 0.717) is 28.5 Å². The van der Waals surface area contributed by atoms with Crippen LogP contribution >= 0.6 is 11.6 Å². The summed E-state index contributed by atoms with van der Waals surface area (Å²) in [5, 5.41) is 11.6. The number of nitrogens with zero attached hydrogens (tertiary/aromatic N) is 2. The first-order valence-electron chi connectivity index (χ1n) is 11.8. The number of carbonyl (C=O) groups is 2. The lowest BCUT2D eigenvalue weighted by Gasteiger charge is -2.25. The SMILES string of the molecule is COc1ccc(Cl)c(/C(O)=C2\C(=O)C(=O)N(Cc3ccccn3)C2c2cccc(Oc3ccccc3)c2)c1. The number of aliphatic hydroxyl groups excluding tert-OH is 1. The Bertz CT molecular complexity index is 1520. The third-order valence-electron chi connectivity index (χ3n) is 6.18. The van der Waals surface area contributed by atoms with Crippen molar-refractivity contribution >= 4 is 29.1 Å². The van der Waals surface area contributed by atoms with Crippen LogP contribution in [0.4, 0.5) is 0 Å². The van der Waals surface area contributed by atoms with E-state index in [1.54, 1.807) is 60.8 Å². The molecule has 1 amide bonds. The van der Waals surface area contributed by atoms with Crippen molar-refractivity contribution in [2.45, 2.75) is 12.6 Å². The largest absolute Gasteiger partial charge is 0.507 e. The van der Waals surface area contributed by atoms with Gasteiger partial charge < -0.3 is 19.5 Å². The molecule has 0 bridgehead atoms. The zero-order chi connectivity index (χ0) is 26.6. The van der Waals surface area contributed by atoms with E-state index in [-0.39, 0.29) is 22.7 Å². The zero-order valence-electron chi connectivity index (χ0n) is 20.4. The number of methoxy groups -OCH3 is 1. The molecule has 7 nitrogen and oxygen atoms in total. The summed E-state index contributed by atoms with van der Waals surface area (Å²) in [6, 6.07) is 25.5. The highest BCUT2D eigenvalue weighted by Gasteiger charge is 2.46. The monoisotopic (exact) mass is 526 g/mol. The van der Waals surface area contributed by atoms with Crippen molar-refractivity contribution in [1.29, 1.82) is 0 Å². The predicted octanol–water partition coefficient (Wildman–Crippen LogP) is 6.16. The van der Waals surface area contributed by atoms with Crippen molar-refractivity contribution in [3.8, 4) is 17.2 Å². The maximum atomic E-state index is 13.4. The molecule has 1 fully saturated rings. The molecule has 8 heteroatoms. The second-order valence-electron chi connectivity index (χ2n) is 8.58. The standard InChI is InChI=1S/C30H23ClN2O5/c1-37-22-13-14-25(31)24(17-22)28(34)26-27(33(30(36)29(26)35)18-20-9-5-6-15-32-20)19-8-7-12-23(16-19)38-21-10-3-2-4-11-21/h2-17,27,34H,18H2,1H3/b28-26+. The molecule has 4 aromatic rings. The van der Waals surface area contributed by atoms with E-state index in [2.05, 4.69) is 4.98 Å². The molecule has 190 valence electrons. The van der Waals surface area contributed by atoms with Gasteiger partial charge in [0.05, 0.1) is 36.0 Å². The second kappa shape index (κ2) is 10.8. The van der Waals surface area contributed by atoms with Crippen molar-refractivity contribution in [2.75, 3.05) is 7.11 Å². The van der Waals surface area contributed by atoms with E-state index in [1.165, 1.54) is 18.1 Å². The number of likely N-dealkylation sites (tertiary alicyclic amines) is 1. The van der Waals surface area contributed by atoms with Crippen molar-refractivity contribution < 1.29 is 24.2 Å². The number of hydrogen-bond acceptors (Lipinski definition) is 6. The predicted molar refractivity (Wildman–Crippen MR) is 143 cm³/mol. The Labute approximate surface area is 224 Å². The Balaban J connectivity index is 1.64. The highest BCUT2D eigenvalue weighted by atomic mass is 35.5. The summed E-state index contributed by atoms with van der Waals surface area (Å²) in [6.45, 7) is 0.0580. The van der Waals surface area contributed by atoms with E-state index in [9.17, 15) is 14.7 Å². The molecule has 38 heavy (non-hydrogen) atoms. The number of carbonyl (C=O) groups excluding carboxylic acids is 2. The molecule has 1 atom stereocenters. The van der Waals surface area contributed by atoms with Gasteiger partial charge in [-0.1, -0.05) is 48.0 Å². The molecular formula is C30H23ClN2O5. The average Bonchev–Trinajstić information content (AvgIpc) is 3.19. The molecule has 0 saturated carbocycles.